The number of ketones is 1. The Morgan fingerprint density at radius 1 is 0.826 bits per heavy atom. The summed E-state index contributed by atoms with van der Waals surface area (Å²) in [4.78, 5) is 36.7. The molecule has 46 heavy (non-hydrogen) atoms. The van der Waals surface area contributed by atoms with Crippen molar-refractivity contribution in [1.82, 2.24) is 0 Å². The highest BCUT2D eigenvalue weighted by Gasteiger charge is 2.39. The van der Waals surface area contributed by atoms with Gasteiger partial charge in [-0.3, -0.25) is 14.4 Å². The molecule has 1 aliphatic rings. The van der Waals surface area contributed by atoms with Crippen LogP contribution in [-0.4, -0.2) is 64.6 Å². The highest BCUT2D eigenvalue weighted by molar-refractivity contribution is 5.86. The molecule has 0 amide bonds. The lowest BCUT2D eigenvalue weighted by molar-refractivity contribution is -0.161. The van der Waals surface area contributed by atoms with E-state index in [4.69, 9.17) is 9.47 Å². The van der Waals surface area contributed by atoms with Gasteiger partial charge in [0.2, 0.25) is 0 Å². The largest absolute Gasteiger partial charge is 0.462 e. The fourth-order valence-corrected chi connectivity index (χ4v) is 5.95. The van der Waals surface area contributed by atoms with E-state index in [1.807, 2.05) is 12.2 Å². The lowest BCUT2D eigenvalue weighted by Crippen LogP contribution is -2.28. The van der Waals surface area contributed by atoms with Crippen LogP contribution < -0.4 is 0 Å². The smallest absolute Gasteiger partial charge is 0.306 e. The minimum atomic E-state index is -0.853. The van der Waals surface area contributed by atoms with Crippen molar-refractivity contribution in [3.8, 4) is 0 Å². The molecule has 0 heterocycles. The maximum absolute atomic E-state index is 12.4. The maximum atomic E-state index is 12.4. The predicted octanol–water partition coefficient (Wildman–Crippen LogP) is 7.71. The van der Waals surface area contributed by atoms with Crippen LogP contribution in [0, 0.1) is 11.8 Å². The molecule has 1 aliphatic carbocycles. The van der Waals surface area contributed by atoms with Gasteiger partial charge in [-0.2, -0.15) is 0 Å². The van der Waals surface area contributed by atoms with Crippen molar-refractivity contribution in [3.63, 3.8) is 0 Å². The van der Waals surface area contributed by atoms with E-state index >= 15 is 0 Å². The summed E-state index contributed by atoms with van der Waals surface area (Å²) in [6, 6.07) is 0. The van der Waals surface area contributed by atoms with Crippen molar-refractivity contribution in [2.45, 2.75) is 173 Å². The van der Waals surface area contributed by atoms with Gasteiger partial charge >= 0.3 is 11.9 Å². The number of Topliss-reactive ketones (excluding diaryl/α,β-unsaturated/α-hetero) is 1. The van der Waals surface area contributed by atoms with Crippen LogP contribution in [0.15, 0.2) is 24.3 Å². The number of ether oxygens (including phenoxy) is 2. The summed E-state index contributed by atoms with van der Waals surface area (Å²) in [5.74, 6) is -1.40. The third kappa shape index (κ3) is 21.0. The van der Waals surface area contributed by atoms with Gasteiger partial charge in [-0.15, -0.1) is 0 Å². The SMILES string of the molecule is CCCCCCCCCCCCCCC(=O)O[C@@H](CO)COC(=O)CCC/C=C\C[C@H]1[C@@H](O)CC(=O)[C@@H]1/C=C/[C@@H](O)CCCCC. The standard InChI is InChI=1S/C38H66O8/c1-3-5-7-8-9-10-11-12-13-14-15-21-25-38(44)46-32(29-39)30-45-37(43)24-20-17-16-19-23-33-34(36(42)28-35(33)41)27-26-31(40)22-18-6-4-2/h16,19,26-27,31-35,39-41H,3-15,17-18,20-25,28-30H2,1-2H3/b19-16-,27-26+/t31-,32-,33+,34+,35-/m0/s1. The van der Waals surface area contributed by atoms with E-state index in [2.05, 4.69) is 13.8 Å². The molecule has 1 fully saturated rings. The zero-order chi connectivity index (χ0) is 33.8. The van der Waals surface area contributed by atoms with Gasteiger partial charge in [0.15, 0.2) is 6.10 Å². The number of allylic oxidation sites excluding steroid dienone is 3. The summed E-state index contributed by atoms with van der Waals surface area (Å²) in [6.45, 7) is 3.79. The normalized spacial score (nSPS) is 19.7. The molecule has 8 heteroatoms. The van der Waals surface area contributed by atoms with E-state index in [0.29, 0.717) is 32.1 Å². The van der Waals surface area contributed by atoms with Crippen molar-refractivity contribution >= 4 is 17.7 Å². The molecular weight excluding hydrogens is 584 g/mol. The zero-order valence-electron chi connectivity index (χ0n) is 29.0. The second kappa shape index (κ2) is 28.0. The molecule has 0 bridgehead atoms. The van der Waals surface area contributed by atoms with Crippen molar-refractivity contribution < 1.29 is 39.2 Å². The first-order valence-electron chi connectivity index (χ1n) is 18.5. The van der Waals surface area contributed by atoms with E-state index in [1.54, 1.807) is 12.2 Å². The van der Waals surface area contributed by atoms with Crippen LogP contribution in [-0.2, 0) is 23.9 Å². The summed E-state index contributed by atoms with van der Waals surface area (Å²) in [5, 5.41) is 30.1. The summed E-state index contributed by atoms with van der Waals surface area (Å²) in [5.41, 5.74) is 0. The van der Waals surface area contributed by atoms with Crippen LogP contribution in [0.5, 0.6) is 0 Å². The molecule has 0 aliphatic heterocycles. The summed E-state index contributed by atoms with van der Waals surface area (Å²) >= 11 is 0. The minimum absolute atomic E-state index is 0.00172. The molecule has 0 spiro atoms. The third-order valence-corrected chi connectivity index (χ3v) is 8.87. The molecule has 0 aromatic heterocycles. The van der Waals surface area contributed by atoms with Gasteiger partial charge in [0, 0.05) is 31.1 Å². The quantitative estimate of drug-likeness (QED) is 0.0426. The average molecular weight is 651 g/mol. The van der Waals surface area contributed by atoms with Crippen LogP contribution >= 0.6 is 0 Å². The summed E-state index contributed by atoms with van der Waals surface area (Å²) in [6.07, 6.45) is 26.0. The molecule has 1 rings (SSSR count). The Balaban J connectivity index is 2.16. The lowest BCUT2D eigenvalue weighted by atomic mass is 9.90. The summed E-state index contributed by atoms with van der Waals surface area (Å²) < 4.78 is 10.5. The zero-order valence-corrected chi connectivity index (χ0v) is 29.0. The molecule has 266 valence electrons. The van der Waals surface area contributed by atoms with E-state index in [0.717, 1.165) is 38.5 Å². The number of hydrogen-bond acceptors (Lipinski definition) is 8. The van der Waals surface area contributed by atoms with Gasteiger partial charge < -0.3 is 24.8 Å². The number of hydrogen-bond donors (Lipinski definition) is 3. The number of aliphatic hydroxyl groups is 3. The number of unbranched alkanes of at least 4 members (excludes halogenated alkanes) is 14. The highest BCUT2D eigenvalue weighted by Crippen LogP contribution is 2.33. The molecule has 3 N–H and O–H groups in total. The lowest BCUT2D eigenvalue weighted by Gasteiger charge is -2.17. The van der Waals surface area contributed by atoms with Crippen LogP contribution in [0.4, 0.5) is 0 Å². The van der Waals surface area contributed by atoms with Gasteiger partial charge in [0.05, 0.1) is 18.8 Å². The van der Waals surface area contributed by atoms with Crippen molar-refractivity contribution in [3.05, 3.63) is 24.3 Å². The average Bonchev–Trinajstić information content (AvgIpc) is 3.31. The first kappa shape index (κ1) is 42.0. The molecule has 0 unspecified atom stereocenters. The monoisotopic (exact) mass is 650 g/mol. The molecule has 0 saturated heterocycles. The number of rotatable bonds is 29. The molecule has 8 nitrogen and oxygen atoms in total. The third-order valence-electron chi connectivity index (χ3n) is 8.87. The van der Waals surface area contributed by atoms with E-state index < -0.39 is 36.8 Å². The summed E-state index contributed by atoms with van der Waals surface area (Å²) in [7, 11) is 0. The van der Waals surface area contributed by atoms with E-state index in [9.17, 15) is 29.7 Å². The van der Waals surface area contributed by atoms with Crippen LogP contribution in [0.25, 0.3) is 0 Å². The van der Waals surface area contributed by atoms with Crippen molar-refractivity contribution in [2.24, 2.45) is 11.8 Å². The number of carbonyl (C=O) groups excluding carboxylic acids is 3. The Morgan fingerprint density at radius 3 is 2.04 bits per heavy atom. The number of aliphatic hydroxyl groups excluding tert-OH is 3. The van der Waals surface area contributed by atoms with E-state index in [-0.39, 0.29) is 37.1 Å². The second-order valence-corrected chi connectivity index (χ2v) is 13.1. The highest BCUT2D eigenvalue weighted by atomic mass is 16.6. The van der Waals surface area contributed by atoms with Crippen LogP contribution in [0.2, 0.25) is 0 Å². The van der Waals surface area contributed by atoms with Gasteiger partial charge in [0.25, 0.3) is 0 Å². The fraction of sp³-hybridized carbons (Fsp3) is 0.816. The fourth-order valence-electron chi connectivity index (χ4n) is 5.95. The van der Waals surface area contributed by atoms with Crippen LogP contribution in [0.1, 0.15) is 155 Å². The van der Waals surface area contributed by atoms with Crippen molar-refractivity contribution in [1.29, 1.82) is 0 Å². The first-order chi connectivity index (χ1) is 22.3. The molecular formula is C38H66O8. The van der Waals surface area contributed by atoms with Gasteiger partial charge in [-0.05, 0) is 32.1 Å². The molecule has 0 aromatic rings. The van der Waals surface area contributed by atoms with E-state index in [1.165, 1.54) is 57.8 Å². The van der Waals surface area contributed by atoms with Crippen molar-refractivity contribution in [2.75, 3.05) is 13.2 Å². The Labute approximate surface area is 279 Å². The van der Waals surface area contributed by atoms with Crippen LogP contribution in [0.3, 0.4) is 0 Å². The Bertz CT molecular complexity index is 854. The van der Waals surface area contributed by atoms with Gasteiger partial charge in [0.1, 0.15) is 12.4 Å². The minimum Gasteiger partial charge on any atom is -0.462 e. The topological polar surface area (TPSA) is 130 Å². The molecule has 5 atom stereocenters. The maximum Gasteiger partial charge on any atom is 0.306 e. The molecule has 0 aromatic carbocycles. The first-order valence-corrected chi connectivity index (χ1v) is 18.5. The second-order valence-electron chi connectivity index (χ2n) is 13.1. The van der Waals surface area contributed by atoms with Gasteiger partial charge in [-0.25, -0.2) is 0 Å². The Kier molecular flexibility index (Phi) is 25.6. The Morgan fingerprint density at radius 2 is 1.41 bits per heavy atom. The molecule has 1 saturated carbocycles. The predicted molar refractivity (Wildman–Crippen MR) is 183 cm³/mol. The number of esters is 2. The van der Waals surface area contributed by atoms with Gasteiger partial charge in [-0.1, -0.05) is 128 Å². The number of carbonyl (C=O) groups is 3. The molecule has 0 radical (unpaired) electrons. The Hall–Kier alpha value is -2.03.